The number of nitrogens with zero attached hydrogens (tertiary/aromatic N) is 2. The van der Waals surface area contributed by atoms with Crippen molar-refractivity contribution in [3.05, 3.63) is 29.3 Å². The number of methoxy groups -OCH3 is 1. The standard InChI is InChI=1S/C19H24N2O/c1-22-15-6-5-14-12-18-16-4-2-3-7-19(16,17(14)13-15)8-10-21(18)11-9-20/h5-6,13,16,18H,2-4,7-8,10-12H2,1H3. The number of ether oxygens (including phenoxy) is 1. The zero-order valence-corrected chi connectivity index (χ0v) is 13.3. The van der Waals surface area contributed by atoms with E-state index in [2.05, 4.69) is 29.2 Å². The van der Waals surface area contributed by atoms with Gasteiger partial charge < -0.3 is 4.74 Å². The zero-order valence-electron chi connectivity index (χ0n) is 13.3. The molecule has 0 amide bonds. The Morgan fingerprint density at radius 1 is 1.36 bits per heavy atom. The molecular weight excluding hydrogens is 272 g/mol. The Labute approximate surface area is 132 Å². The van der Waals surface area contributed by atoms with Gasteiger partial charge in [0.05, 0.1) is 19.7 Å². The summed E-state index contributed by atoms with van der Waals surface area (Å²) in [6.45, 7) is 1.66. The molecule has 1 saturated carbocycles. The summed E-state index contributed by atoms with van der Waals surface area (Å²) < 4.78 is 5.50. The fraction of sp³-hybridized carbons (Fsp3) is 0.632. The van der Waals surface area contributed by atoms with Crippen molar-refractivity contribution in [2.24, 2.45) is 5.92 Å². The van der Waals surface area contributed by atoms with Crippen LogP contribution in [-0.4, -0.2) is 31.1 Å². The van der Waals surface area contributed by atoms with E-state index in [0.29, 0.717) is 18.0 Å². The monoisotopic (exact) mass is 296 g/mol. The minimum absolute atomic E-state index is 0.344. The molecule has 3 atom stereocenters. The van der Waals surface area contributed by atoms with E-state index >= 15 is 0 Å². The van der Waals surface area contributed by atoms with Crippen LogP contribution < -0.4 is 4.74 Å². The second-order valence-corrected chi connectivity index (χ2v) is 7.18. The van der Waals surface area contributed by atoms with Crippen molar-refractivity contribution in [2.45, 2.75) is 50.0 Å². The third-order valence-corrected chi connectivity index (χ3v) is 6.43. The Kier molecular flexibility index (Phi) is 3.38. The fourth-order valence-corrected chi connectivity index (χ4v) is 5.48. The Balaban J connectivity index is 1.82. The molecule has 0 spiro atoms. The van der Waals surface area contributed by atoms with E-state index in [9.17, 15) is 0 Å². The van der Waals surface area contributed by atoms with Crippen molar-refractivity contribution in [2.75, 3.05) is 20.2 Å². The molecule has 3 unspecified atom stereocenters. The van der Waals surface area contributed by atoms with Crippen molar-refractivity contribution >= 4 is 0 Å². The molecule has 22 heavy (non-hydrogen) atoms. The number of piperidine rings is 1. The third kappa shape index (κ3) is 1.90. The van der Waals surface area contributed by atoms with Crippen molar-refractivity contribution < 1.29 is 4.74 Å². The summed E-state index contributed by atoms with van der Waals surface area (Å²) in [5.74, 6) is 1.72. The summed E-state index contributed by atoms with van der Waals surface area (Å²) in [6.07, 6.45) is 7.64. The summed E-state index contributed by atoms with van der Waals surface area (Å²) >= 11 is 0. The van der Waals surface area contributed by atoms with Crippen molar-refractivity contribution in [1.82, 2.24) is 4.90 Å². The number of hydrogen-bond acceptors (Lipinski definition) is 3. The molecule has 116 valence electrons. The minimum atomic E-state index is 0.344. The highest BCUT2D eigenvalue weighted by molar-refractivity contribution is 5.45. The summed E-state index contributed by atoms with van der Waals surface area (Å²) in [6, 6.07) is 9.62. The van der Waals surface area contributed by atoms with Gasteiger partial charge in [0, 0.05) is 18.0 Å². The van der Waals surface area contributed by atoms with Gasteiger partial charge >= 0.3 is 0 Å². The van der Waals surface area contributed by atoms with E-state index in [0.717, 1.165) is 24.6 Å². The molecule has 2 bridgehead atoms. The average Bonchev–Trinajstić information content (AvgIpc) is 2.57. The Morgan fingerprint density at radius 2 is 2.27 bits per heavy atom. The van der Waals surface area contributed by atoms with E-state index in [1.54, 1.807) is 12.7 Å². The lowest BCUT2D eigenvalue weighted by Crippen LogP contribution is -2.60. The highest BCUT2D eigenvalue weighted by atomic mass is 16.5. The molecule has 2 fully saturated rings. The summed E-state index contributed by atoms with van der Waals surface area (Å²) in [4.78, 5) is 2.45. The van der Waals surface area contributed by atoms with E-state index in [-0.39, 0.29) is 0 Å². The molecule has 1 saturated heterocycles. The van der Waals surface area contributed by atoms with Gasteiger partial charge in [0.15, 0.2) is 0 Å². The normalized spacial score (nSPS) is 33.5. The summed E-state index contributed by atoms with van der Waals surface area (Å²) in [5.41, 5.74) is 3.40. The van der Waals surface area contributed by atoms with Crippen LogP contribution in [0.1, 0.15) is 43.2 Å². The number of benzene rings is 1. The smallest absolute Gasteiger partial charge is 0.119 e. The second kappa shape index (κ2) is 5.28. The van der Waals surface area contributed by atoms with E-state index in [4.69, 9.17) is 10.00 Å². The van der Waals surface area contributed by atoms with Crippen molar-refractivity contribution in [3.8, 4) is 11.8 Å². The van der Waals surface area contributed by atoms with Crippen LogP contribution in [0.25, 0.3) is 0 Å². The number of likely N-dealkylation sites (tertiary alicyclic amines) is 1. The molecule has 3 nitrogen and oxygen atoms in total. The summed E-state index contributed by atoms with van der Waals surface area (Å²) in [7, 11) is 1.76. The topological polar surface area (TPSA) is 36.3 Å². The highest BCUT2D eigenvalue weighted by Crippen LogP contribution is 2.56. The van der Waals surface area contributed by atoms with Gasteiger partial charge in [-0.15, -0.1) is 0 Å². The first-order valence-corrected chi connectivity index (χ1v) is 8.57. The quantitative estimate of drug-likeness (QED) is 0.786. The van der Waals surface area contributed by atoms with E-state index < -0.39 is 0 Å². The van der Waals surface area contributed by atoms with Gasteiger partial charge in [0.1, 0.15) is 5.75 Å². The maximum absolute atomic E-state index is 9.17. The summed E-state index contributed by atoms with van der Waals surface area (Å²) in [5, 5.41) is 9.17. The van der Waals surface area contributed by atoms with Crippen LogP contribution in [0.2, 0.25) is 0 Å². The molecule has 1 aromatic carbocycles. The first kappa shape index (κ1) is 14.1. The first-order chi connectivity index (χ1) is 10.8. The third-order valence-electron chi connectivity index (χ3n) is 6.43. The van der Waals surface area contributed by atoms with Crippen molar-refractivity contribution in [3.63, 3.8) is 0 Å². The average molecular weight is 296 g/mol. The van der Waals surface area contributed by atoms with Gasteiger partial charge in [-0.3, -0.25) is 4.90 Å². The van der Waals surface area contributed by atoms with Gasteiger partial charge in [-0.25, -0.2) is 0 Å². The second-order valence-electron chi connectivity index (χ2n) is 7.18. The molecule has 0 aromatic heterocycles. The molecule has 0 radical (unpaired) electrons. The van der Waals surface area contributed by atoms with Gasteiger partial charge in [0.2, 0.25) is 0 Å². The van der Waals surface area contributed by atoms with Gasteiger partial charge in [-0.2, -0.15) is 5.26 Å². The fourth-order valence-electron chi connectivity index (χ4n) is 5.48. The highest BCUT2D eigenvalue weighted by Gasteiger charge is 2.53. The Hall–Kier alpha value is -1.53. The lowest BCUT2D eigenvalue weighted by Gasteiger charge is -2.58. The number of hydrogen-bond donors (Lipinski definition) is 0. The largest absolute Gasteiger partial charge is 0.497 e. The van der Waals surface area contributed by atoms with E-state index in [1.165, 1.54) is 37.7 Å². The van der Waals surface area contributed by atoms with Crippen LogP contribution >= 0.6 is 0 Å². The predicted octanol–water partition coefficient (Wildman–Crippen LogP) is 3.28. The molecule has 3 heteroatoms. The van der Waals surface area contributed by atoms with Crippen LogP contribution in [0.3, 0.4) is 0 Å². The molecule has 3 aliphatic rings. The minimum Gasteiger partial charge on any atom is -0.497 e. The first-order valence-electron chi connectivity index (χ1n) is 8.57. The number of nitriles is 1. The van der Waals surface area contributed by atoms with Crippen LogP contribution in [0.5, 0.6) is 5.75 Å². The van der Waals surface area contributed by atoms with E-state index in [1.807, 2.05) is 0 Å². The maximum Gasteiger partial charge on any atom is 0.119 e. The molecular formula is C19H24N2O. The zero-order chi connectivity index (χ0) is 15.2. The molecule has 2 aliphatic carbocycles. The van der Waals surface area contributed by atoms with Crippen LogP contribution in [-0.2, 0) is 11.8 Å². The molecule has 1 aromatic rings. The molecule has 1 heterocycles. The van der Waals surface area contributed by atoms with Crippen LogP contribution in [0.15, 0.2) is 18.2 Å². The Bertz CT molecular complexity index is 620. The van der Waals surface area contributed by atoms with Crippen molar-refractivity contribution in [1.29, 1.82) is 5.26 Å². The van der Waals surface area contributed by atoms with Gasteiger partial charge in [-0.1, -0.05) is 18.9 Å². The predicted molar refractivity (Wildman–Crippen MR) is 85.9 cm³/mol. The van der Waals surface area contributed by atoms with Crippen LogP contribution in [0, 0.1) is 17.2 Å². The lowest BCUT2D eigenvalue weighted by molar-refractivity contribution is -0.00439. The van der Waals surface area contributed by atoms with Gasteiger partial charge in [-0.05, 0) is 54.9 Å². The molecule has 0 N–H and O–H groups in total. The number of rotatable bonds is 2. The maximum atomic E-state index is 9.17. The van der Waals surface area contributed by atoms with Crippen LogP contribution in [0.4, 0.5) is 0 Å². The number of fused-ring (bicyclic) bond motifs is 1. The lowest BCUT2D eigenvalue weighted by atomic mass is 9.52. The van der Waals surface area contributed by atoms with Gasteiger partial charge in [0.25, 0.3) is 0 Å². The molecule has 4 rings (SSSR count). The Morgan fingerprint density at radius 3 is 3.09 bits per heavy atom. The molecule has 1 aliphatic heterocycles. The SMILES string of the molecule is COc1ccc2c(c1)C13CCCCC1C(C2)N(CC#N)CC3.